The molecule has 0 amide bonds. The molecule has 0 aliphatic carbocycles. The maximum atomic E-state index is 12.4. The summed E-state index contributed by atoms with van der Waals surface area (Å²) in [6.45, 7) is 8.75. The Bertz CT molecular complexity index is 1040. The number of hydrogen-bond acceptors (Lipinski definition) is 7. The highest BCUT2D eigenvalue weighted by Crippen LogP contribution is 2.25. The summed E-state index contributed by atoms with van der Waals surface area (Å²) in [7, 11) is 0. The average Bonchev–Trinajstić information content (AvgIpc) is 3.11. The fourth-order valence-electron chi connectivity index (χ4n) is 3.34. The van der Waals surface area contributed by atoms with E-state index < -0.39 is 0 Å². The Hall–Kier alpha value is -2.68. The summed E-state index contributed by atoms with van der Waals surface area (Å²) in [5.41, 5.74) is 1.34. The van der Waals surface area contributed by atoms with Gasteiger partial charge in [0.15, 0.2) is 0 Å². The molecule has 4 heterocycles. The van der Waals surface area contributed by atoms with Gasteiger partial charge in [-0.25, -0.2) is 9.67 Å². The molecular weight excluding hydrogens is 368 g/mol. The Balaban J connectivity index is 1.57. The van der Waals surface area contributed by atoms with Crippen molar-refractivity contribution in [2.24, 2.45) is 0 Å². The SMILES string of the molecule is Cc1cc(N2CCN(c3cnn(C(C)C)c(=O)c3Cl)CC2)n2ncnc2n1. The summed E-state index contributed by atoms with van der Waals surface area (Å²) in [5, 5.41) is 8.77. The number of hydrogen-bond donors (Lipinski definition) is 0. The van der Waals surface area contributed by atoms with E-state index in [0.29, 0.717) is 11.5 Å². The van der Waals surface area contributed by atoms with Crippen LogP contribution >= 0.6 is 11.6 Å². The van der Waals surface area contributed by atoms with Crippen LogP contribution < -0.4 is 15.4 Å². The summed E-state index contributed by atoms with van der Waals surface area (Å²) in [4.78, 5) is 25.3. The highest BCUT2D eigenvalue weighted by atomic mass is 35.5. The molecule has 10 heteroatoms. The molecule has 142 valence electrons. The Morgan fingerprint density at radius 2 is 1.81 bits per heavy atom. The Kier molecular flexibility index (Phi) is 4.47. The summed E-state index contributed by atoms with van der Waals surface area (Å²) < 4.78 is 3.16. The first-order valence-electron chi connectivity index (χ1n) is 8.90. The van der Waals surface area contributed by atoms with Crippen molar-refractivity contribution in [3.8, 4) is 0 Å². The van der Waals surface area contributed by atoms with Gasteiger partial charge in [-0.3, -0.25) is 4.79 Å². The molecule has 3 aromatic heterocycles. The first kappa shape index (κ1) is 17.7. The largest absolute Gasteiger partial charge is 0.365 e. The molecule has 0 radical (unpaired) electrons. The fraction of sp³-hybridized carbons (Fsp3) is 0.471. The fourth-order valence-corrected chi connectivity index (χ4v) is 3.59. The molecule has 0 aromatic carbocycles. The molecular formula is C17H21ClN8O. The van der Waals surface area contributed by atoms with Gasteiger partial charge in [0.1, 0.15) is 17.2 Å². The Labute approximate surface area is 161 Å². The number of aryl methyl sites for hydroxylation is 1. The predicted molar refractivity (Wildman–Crippen MR) is 104 cm³/mol. The molecule has 0 N–H and O–H groups in total. The second-order valence-corrected chi connectivity index (χ2v) is 7.27. The first-order valence-corrected chi connectivity index (χ1v) is 9.28. The molecule has 0 bridgehead atoms. The third kappa shape index (κ3) is 3.12. The molecule has 0 atom stereocenters. The van der Waals surface area contributed by atoms with Crippen molar-refractivity contribution in [3.05, 3.63) is 39.7 Å². The molecule has 0 unspecified atom stereocenters. The van der Waals surface area contributed by atoms with Crippen molar-refractivity contribution >= 4 is 28.9 Å². The van der Waals surface area contributed by atoms with Crippen LogP contribution in [-0.2, 0) is 0 Å². The number of aromatic nitrogens is 6. The normalized spacial score (nSPS) is 15.1. The van der Waals surface area contributed by atoms with Gasteiger partial charge in [-0.2, -0.15) is 19.7 Å². The molecule has 1 aliphatic heterocycles. The second kappa shape index (κ2) is 6.80. The van der Waals surface area contributed by atoms with Gasteiger partial charge in [0, 0.05) is 37.9 Å². The number of nitrogens with zero attached hydrogens (tertiary/aromatic N) is 8. The quantitative estimate of drug-likeness (QED) is 0.673. The van der Waals surface area contributed by atoms with Crippen LogP contribution in [0.25, 0.3) is 5.78 Å². The lowest BCUT2D eigenvalue weighted by molar-refractivity contribution is 0.501. The smallest absolute Gasteiger partial charge is 0.287 e. The van der Waals surface area contributed by atoms with Crippen LogP contribution in [0, 0.1) is 6.92 Å². The highest BCUT2D eigenvalue weighted by Gasteiger charge is 2.23. The van der Waals surface area contributed by atoms with E-state index in [9.17, 15) is 4.79 Å². The summed E-state index contributed by atoms with van der Waals surface area (Å²) in [6.07, 6.45) is 3.20. The molecule has 0 saturated carbocycles. The molecule has 4 rings (SSSR count). The molecule has 27 heavy (non-hydrogen) atoms. The predicted octanol–water partition coefficient (Wildman–Crippen LogP) is 1.55. The molecule has 9 nitrogen and oxygen atoms in total. The topological polar surface area (TPSA) is 84.5 Å². The van der Waals surface area contributed by atoms with E-state index in [4.69, 9.17) is 11.6 Å². The molecule has 1 fully saturated rings. The van der Waals surface area contributed by atoms with Crippen molar-refractivity contribution in [2.75, 3.05) is 36.0 Å². The molecule has 0 spiro atoms. The zero-order chi connectivity index (χ0) is 19.1. The van der Waals surface area contributed by atoms with E-state index in [1.54, 1.807) is 10.7 Å². The van der Waals surface area contributed by atoms with Crippen LogP contribution in [0.4, 0.5) is 11.5 Å². The minimum absolute atomic E-state index is 0.0269. The number of rotatable bonds is 3. The van der Waals surface area contributed by atoms with Gasteiger partial charge < -0.3 is 9.80 Å². The standard InChI is InChI=1S/C17H21ClN8O/c1-11(2)25-16(27)15(18)13(9-20-25)23-4-6-24(7-5-23)14-8-12(3)22-17-19-10-21-26(14)17/h8-11H,4-7H2,1-3H3. The van der Waals surface area contributed by atoms with Crippen molar-refractivity contribution < 1.29 is 0 Å². The molecule has 3 aromatic rings. The van der Waals surface area contributed by atoms with Crippen LogP contribution in [0.3, 0.4) is 0 Å². The van der Waals surface area contributed by atoms with Crippen molar-refractivity contribution in [2.45, 2.75) is 26.8 Å². The lowest BCUT2D eigenvalue weighted by atomic mass is 10.2. The van der Waals surface area contributed by atoms with Crippen molar-refractivity contribution in [1.29, 1.82) is 0 Å². The van der Waals surface area contributed by atoms with Gasteiger partial charge in [-0.1, -0.05) is 11.6 Å². The average molecular weight is 389 g/mol. The van der Waals surface area contributed by atoms with Crippen LogP contribution in [0.15, 0.2) is 23.4 Å². The van der Waals surface area contributed by atoms with Gasteiger partial charge >= 0.3 is 0 Å². The zero-order valence-corrected chi connectivity index (χ0v) is 16.3. The highest BCUT2D eigenvalue weighted by molar-refractivity contribution is 6.33. The number of fused-ring (bicyclic) bond motifs is 1. The Morgan fingerprint density at radius 1 is 1.11 bits per heavy atom. The monoisotopic (exact) mass is 388 g/mol. The van der Waals surface area contributed by atoms with E-state index in [1.165, 1.54) is 11.0 Å². The lowest BCUT2D eigenvalue weighted by Crippen LogP contribution is -2.47. The maximum Gasteiger partial charge on any atom is 0.287 e. The third-order valence-corrected chi connectivity index (χ3v) is 5.08. The van der Waals surface area contributed by atoms with Crippen LogP contribution in [-0.4, -0.2) is 55.5 Å². The minimum Gasteiger partial charge on any atom is -0.365 e. The van der Waals surface area contributed by atoms with Gasteiger partial charge in [-0.15, -0.1) is 0 Å². The van der Waals surface area contributed by atoms with Crippen LogP contribution in [0.2, 0.25) is 5.02 Å². The summed E-state index contributed by atoms with van der Waals surface area (Å²) in [6, 6.07) is 1.98. The van der Waals surface area contributed by atoms with Crippen molar-refractivity contribution in [3.63, 3.8) is 0 Å². The van der Waals surface area contributed by atoms with Crippen LogP contribution in [0.1, 0.15) is 25.6 Å². The van der Waals surface area contributed by atoms with E-state index in [2.05, 4.69) is 30.0 Å². The third-order valence-electron chi connectivity index (χ3n) is 4.72. The van der Waals surface area contributed by atoms with E-state index in [0.717, 1.165) is 37.7 Å². The summed E-state index contributed by atoms with van der Waals surface area (Å²) in [5.74, 6) is 1.56. The number of halogens is 1. The van der Waals surface area contributed by atoms with Gasteiger partial charge in [-0.05, 0) is 20.8 Å². The van der Waals surface area contributed by atoms with Gasteiger partial charge in [0.05, 0.1) is 17.9 Å². The van der Waals surface area contributed by atoms with E-state index in [1.807, 2.05) is 26.8 Å². The molecule has 1 saturated heterocycles. The van der Waals surface area contributed by atoms with Gasteiger partial charge in [0.25, 0.3) is 11.3 Å². The Morgan fingerprint density at radius 3 is 2.52 bits per heavy atom. The number of piperazine rings is 1. The number of anilines is 2. The lowest BCUT2D eigenvalue weighted by Gasteiger charge is -2.37. The van der Waals surface area contributed by atoms with Gasteiger partial charge in [0.2, 0.25) is 0 Å². The van der Waals surface area contributed by atoms with E-state index >= 15 is 0 Å². The van der Waals surface area contributed by atoms with E-state index in [-0.39, 0.29) is 16.6 Å². The minimum atomic E-state index is -0.249. The first-order chi connectivity index (χ1) is 13.0. The van der Waals surface area contributed by atoms with Crippen LogP contribution in [0.5, 0.6) is 0 Å². The molecule has 1 aliphatic rings. The zero-order valence-electron chi connectivity index (χ0n) is 15.5. The van der Waals surface area contributed by atoms with Crippen molar-refractivity contribution in [1.82, 2.24) is 29.4 Å². The summed E-state index contributed by atoms with van der Waals surface area (Å²) >= 11 is 6.35. The second-order valence-electron chi connectivity index (χ2n) is 6.89. The maximum absolute atomic E-state index is 12.4.